The Morgan fingerprint density at radius 2 is 1.86 bits per heavy atom. The van der Waals surface area contributed by atoms with E-state index < -0.39 is 12.0 Å². The second-order valence-electron chi connectivity index (χ2n) is 7.87. The van der Waals surface area contributed by atoms with Crippen molar-refractivity contribution in [1.29, 1.82) is 0 Å². The van der Waals surface area contributed by atoms with Gasteiger partial charge in [0.2, 0.25) is 11.1 Å². The molecule has 0 fully saturated rings. The molecule has 2 heterocycles. The Kier molecular flexibility index (Phi) is 8.59. The second kappa shape index (κ2) is 12.0. The molecule has 10 heteroatoms. The number of hydrogen-bond donors (Lipinski definition) is 1. The number of hydrogen-bond acceptors (Lipinski definition) is 8. The summed E-state index contributed by atoms with van der Waals surface area (Å²) in [6.07, 6.45) is 0.958. The van der Waals surface area contributed by atoms with Gasteiger partial charge in [0.25, 0.3) is 0 Å². The van der Waals surface area contributed by atoms with E-state index in [1.54, 1.807) is 11.8 Å². The van der Waals surface area contributed by atoms with E-state index >= 15 is 0 Å². The third-order valence-electron chi connectivity index (χ3n) is 5.35. The molecule has 4 rings (SSSR count). The monoisotopic (exact) mass is 509 g/mol. The summed E-state index contributed by atoms with van der Waals surface area (Å²) in [4.78, 5) is 29.5. The topological polar surface area (TPSA) is 99.0 Å². The Bertz CT molecular complexity index is 1310. The number of aryl methyl sites for hydroxylation is 1. The van der Waals surface area contributed by atoms with Crippen molar-refractivity contribution in [2.24, 2.45) is 0 Å². The van der Waals surface area contributed by atoms with Gasteiger partial charge in [-0.15, -0.1) is 10.2 Å². The molecule has 0 unspecified atom stereocenters. The van der Waals surface area contributed by atoms with E-state index in [2.05, 4.69) is 33.1 Å². The summed E-state index contributed by atoms with van der Waals surface area (Å²) < 4.78 is 7.02. The fraction of sp³-hybridized carbons (Fsp3) is 0.320. The first-order chi connectivity index (χ1) is 17.1. The summed E-state index contributed by atoms with van der Waals surface area (Å²) in [6, 6.07) is 17.3. The molecule has 0 aliphatic heterocycles. The van der Waals surface area contributed by atoms with E-state index in [1.165, 1.54) is 18.9 Å². The van der Waals surface area contributed by atoms with Gasteiger partial charge in [-0.1, -0.05) is 67.2 Å². The molecular formula is C25H27N5O3S2. The maximum absolute atomic E-state index is 12.6. The lowest BCUT2D eigenvalue weighted by Crippen LogP contribution is -2.44. The van der Waals surface area contributed by atoms with Gasteiger partial charge in [-0.2, -0.15) is 11.8 Å². The molecule has 0 spiro atoms. The molecule has 8 nitrogen and oxygen atoms in total. The lowest BCUT2D eigenvalue weighted by atomic mass is 10.2. The molecule has 0 radical (unpaired) electrons. The van der Waals surface area contributed by atoms with Gasteiger partial charge in [-0.25, -0.2) is 9.78 Å². The molecule has 35 heavy (non-hydrogen) atoms. The van der Waals surface area contributed by atoms with E-state index in [-0.39, 0.29) is 11.7 Å². The van der Waals surface area contributed by atoms with Crippen LogP contribution in [-0.4, -0.2) is 56.3 Å². The number of carbonyl (C=O) groups excluding carboxylic acids is 2. The first-order valence-corrected chi connectivity index (χ1v) is 13.5. The maximum Gasteiger partial charge on any atom is 0.329 e. The van der Waals surface area contributed by atoms with E-state index in [0.717, 1.165) is 46.3 Å². The van der Waals surface area contributed by atoms with Gasteiger partial charge >= 0.3 is 5.97 Å². The highest BCUT2D eigenvalue weighted by atomic mass is 32.2. The van der Waals surface area contributed by atoms with Crippen molar-refractivity contribution in [2.75, 3.05) is 18.6 Å². The number of aromatic nitrogens is 4. The van der Waals surface area contributed by atoms with E-state index in [1.807, 2.05) is 48.5 Å². The van der Waals surface area contributed by atoms with Crippen LogP contribution in [0, 0.1) is 0 Å². The number of carbonyl (C=O) groups is 2. The van der Waals surface area contributed by atoms with Crippen LogP contribution in [0.5, 0.6) is 0 Å². The van der Waals surface area contributed by atoms with Gasteiger partial charge in [-0.3, -0.25) is 4.79 Å². The Balaban J connectivity index is 1.39. The highest BCUT2D eigenvalue weighted by Crippen LogP contribution is 2.27. The van der Waals surface area contributed by atoms with Crippen LogP contribution >= 0.6 is 23.5 Å². The largest absolute Gasteiger partial charge is 0.467 e. The smallest absolute Gasteiger partial charge is 0.329 e. The van der Waals surface area contributed by atoms with E-state index in [0.29, 0.717) is 10.9 Å². The summed E-state index contributed by atoms with van der Waals surface area (Å²) in [6.45, 7) is 2.93. The number of nitrogens with one attached hydrogen (secondary N) is 1. The van der Waals surface area contributed by atoms with Crippen molar-refractivity contribution in [2.45, 2.75) is 36.8 Å². The van der Waals surface area contributed by atoms with Crippen LogP contribution in [0.4, 0.5) is 0 Å². The molecule has 0 bridgehead atoms. The van der Waals surface area contributed by atoms with Gasteiger partial charge in [0, 0.05) is 23.4 Å². The normalized spacial score (nSPS) is 12.1. The lowest BCUT2D eigenvalue weighted by Gasteiger charge is -2.16. The first kappa shape index (κ1) is 25.0. The highest BCUT2D eigenvalue weighted by molar-refractivity contribution is 7.99. The predicted molar refractivity (Wildman–Crippen MR) is 140 cm³/mol. The number of fused-ring (bicyclic) bond motifs is 3. The van der Waals surface area contributed by atoms with Crippen LogP contribution in [0.3, 0.4) is 0 Å². The number of benzene rings is 2. The number of nitrogens with zero attached hydrogens (tertiary/aromatic N) is 4. The molecule has 2 aromatic heterocycles. The zero-order valence-corrected chi connectivity index (χ0v) is 21.3. The van der Waals surface area contributed by atoms with Gasteiger partial charge < -0.3 is 14.6 Å². The summed E-state index contributed by atoms with van der Waals surface area (Å²) >= 11 is 2.76. The second-order valence-corrected chi connectivity index (χ2v) is 9.84. The zero-order chi connectivity index (χ0) is 24.6. The molecule has 2 aromatic carbocycles. The number of methoxy groups -OCH3 is 1. The third-order valence-corrected chi connectivity index (χ3v) is 7.30. The number of rotatable bonds is 11. The Morgan fingerprint density at radius 3 is 2.63 bits per heavy atom. The Morgan fingerprint density at radius 1 is 1.09 bits per heavy atom. The Labute approximate surface area is 212 Å². The number of esters is 1. The van der Waals surface area contributed by atoms with Crippen LogP contribution < -0.4 is 5.32 Å². The summed E-state index contributed by atoms with van der Waals surface area (Å²) in [5, 5.41) is 12.8. The molecule has 0 aliphatic carbocycles. The van der Waals surface area contributed by atoms with Gasteiger partial charge in [-0.05, 0) is 18.1 Å². The number of para-hydroxylation sites is 1. The molecule has 0 saturated carbocycles. The lowest BCUT2D eigenvalue weighted by molar-refractivity contribution is -0.144. The first-order valence-electron chi connectivity index (χ1n) is 11.3. The van der Waals surface area contributed by atoms with Crippen LogP contribution in [0.1, 0.15) is 18.9 Å². The van der Waals surface area contributed by atoms with Gasteiger partial charge in [0.15, 0.2) is 5.65 Å². The maximum atomic E-state index is 12.6. The number of amides is 1. The van der Waals surface area contributed by atoms with Crippen molar-refractivity contribution >= 4 is 57.5 Å². The van der Waals surface area contributed by atoms with Crippen molar-refractivity contribution in [1.82, 2.24) is 25.1 Å². The Hall–Kier alpha value is -3.11. The quantitative estimate of drug-likeness (QED) is 0.239. The predicted octanol–water partition coefficient (Wildman–Crippen LogP) is 4.07. The fourth-order valence-corrected chi connectivity index (χ4v) is 5.34. The minimum Gasteiger partial charge on any atom is -0.467 e. The zero-order valence-electron chi connectivity index (χ0n) is 19.6. The number of thioether (sulfide) groups is 2. The van der Waals surface area contributed by atoms with Crippen molar-refractivity contribution in [3.63, 3.8) is 0 Å². The molecule has 0 aliphatic rings. The van der Waals surface area contributed by atoms with Crippen molar-refractivity contribution < 1.29 is 14.3 Å². The molecule has 0 saturated heterocycles. The fourth-order valence-electron chi connectivity index (χ4n) is 3.75. The molecule has 1 amide bonds. The standard InChI is InChI=1S/C25H27N5O3S2/c1-3-13-30-20-12-8-7-11-18(20)22-23(30)27-25(29-28-22)35-16-21(31)26-19(24(32)33-2)15-34-14-17-9-5-4-6-10-17/h4-12,19H,3,13-16H2,1-2H3,(H,26,31)/t19-/m1/s1. The molecule has 4 aromatic rings. The van der Waals surface area contributed by atoms with Gasteiger partial charge in [0.1, 0.15) is 11.6 Å². The third kappa shape index (κ3) is 6.12. The summed E-state index contributed by atoms with van der Waals surface area (Å²) in [5.74, 6) is 0.470. The molecule has 182 valence electrons. The minimum atomic E-state index is -0.726. The molecular weight excluding hydrogens is 482 g/mol. The van der Waals surface area contributed by atoms with E-state index in [4.69, 9.17) is 9.72 Å². The number of ether oxygens (including phenoxy) is 1. The van der Waals surface area contributed by atoms with Crippen molar-refractivity contribution in [3.05, 3.63) is 60.2 Å². The molecule has 1 N–H and O–H groups in total. The van der Waals surface area contributed by atoms with Crippen LogP contribution in [0.25, 0.3) is 22.1 Å². The summed E-state index contributed by atoms with van der Waals surface area (Å²) in [5.41, 5.74) is 3.74. The van der Waals surface area contributed by atoms with Crippen LogP contribution in [0.2, 0.25) is 0 Å². The minimum absolute atomic E-state index is 0.0675. The molecule has 1 atom stereocenters. The van der Waals surface area contributed by atoms with Crippen LogP contribution in [0.15, 0.2) is 59.8 Å². The summed E-state index contributed by atoms with van der Waals surface area (Å²) in [7, 11) is 1.32. The van der Waals surface area contributed by atoms with Crippen molar-refractivity contribution in [3.8, 4) is 0 Å². The van der Waals surface area contributed by atoms with Crippen LogP contribution in [-0.2, 0) is 26.6 Å². The highest BCUT2D eigenvalue weighted by Gasteiger charge is 2.22. The van der Waals surface area contributed by atoms with Gasteiger partial charge in [0.05, 0.1) is 18.4 Å². The van der Waals surface area contributed by atoms with E-state index in [9.17, 15) is 9.59 Å². The SMILES string of the molecule is CCCn1c2ccccc2c2nnc(SCC(=O)N[C@H](CSCc3ccccc3)C(=O)OC)nc21. The average Bonchev–Trinajstić information content (AvgIpc) is 3.20. The average molecular weight is 510 g/mol.